The molecule has 0 spiro atoms. The SMILES string of the molecule is CC.O=c1[nH]c2cc(CO)cnc2cc1C1CC1. The molecule has 2 N–H and O–H groups in total. The molecule has 3 rings (SSSR count). The minimum atomic E-state index is -0.0602. The fraction of sp³-hybridized carbons (Fsp3) is 0.429. The third-order valence-electron chi connectivity index (χ3n) is 2.98. The molecule has 96 valence electrons. The van der Waals surface area contributed by atoms with Gasteiger partial charge in [0.05, 0.1) is 17.6 Å². The molecule has 4 nitrogen and oxygen atoms in total. The number of aliphatic hydroxyl groups is 1. The van der Waals surface area contributed by atoms with Crippen molar-refractivity contribution in [2.45, 2.75) is 39.2 Å². The minimum absolute atomic E-state index is 0.0214. The zero-order chi connectivity index (χ0) is 13.1. The molecule has 0 bridgehead atoms. The van der Waals surface area contributed by atoms with Crippen LogP contribution in [-0.2, 0) is 6.61 Å². The highest BCUT2D eigenvalue weighted by Gasteiger charge is 2.26. The Bertz CT molecular complexity index is 600. The first-order chi connectivity index (χ1) is 8.78. The van der Waals surface area contributed by atoms with Gasteiger partial charge in [0.25, 0.3) is 5.56 Å². The molecule has 2 heterocycles. The highest BCUT2D eigenvalue weighted by molar-refractivity contribution is 5.75. The number of hydrogen-bond acceptors (Lipinski definition) is 3. The van der Waals surface area contributed by atoms with Crippen LogP contribution in [0.2, 0.25) is 0 Å². The summed E-state index contributed by atoms with van der Waals surface area (Å²) in [6, 6.07) is 3.63. The number of aliphatic hydroxyl groups excluding tert-OH is 1. The zero-order valence-corrected chi connectivity index (χ0v) is 10.7. The summed E-state index contributed by atoms with van der Waals surface area (Å²) in [4.78, 5) is 18.8. The lowest BCUT2D eigenvalue weighted by molar-refractivity contribution is 0.281. The second-order valence-corrected chi connectivity index (χ2v) is 4.26. The average Bonchev–Trinajstić information content (AvgIpc) is 3.24. The fourth-order valence-corrected chi connectivity index (χ4v) is 1.93. The molecular formula is C14H18N2O2. The Kier molecular flexibility index (Phi) is 3.77. The van der Waals surface area contributed by atoms with Crippen LogP contribution in [0.5, 0.6) is 0 Å². The molecule has 0 aliphatic heterocycles. The smallest absolute Gasteiger partial charge is 0.252 e. The van der Waals surface area contributed by atoms with Crippen molar-refractivity contribution in [3.8, 4) is 0 Å². The largest absolute Gasteiger partial charge is 0.392 e. The van der Waals surface area contributed by atoms with Crippen LogP contribution in [0.1, 0.15) is 43.7 Å². The van der Waals surface area contributed by atoms with Crippen molar-refractivity contribution in [2.75, 3.05) is 0 Å². The quantitative estimate of drug-likeness (QED) is 0.854. The standard InChI is InChI=1S/C12H12N2O2.C2H6/c15-6-7-3-11-10(13-5-7)4-9(8-1-2-8)12(16)14-11;1-2/h3-5,8,15H,1-2,6H2,(H,14,16);1-2H3. The van der Waals surface area contributed by atoms with E-state index in [2.05, 4.69) is 9.97 Å². The van der Waals surface area contributed by atoms with Crippen molar-refractivity contribution >= 4 is 11.0 Å². The number of hydrogen-bond donors (Lipinski definition) is 2. The van der Waals surface area contributed by atoms with Crippen LogP contribution in [0.3, 0.4) is 0 Å². The Morgan fingerprint density at radius 1 is 1.39 bits per heavy atom. The van der Waals surface area contributed by atoms with E-state index in [1.165, 1.54) is 0 Å². The Hall–Kier alpha value is -1.68. The molecule has 0 unspecified atom stereocenters. The van der Waals surface area contributed by atoms with Gasteiger partial charge in [0.2, 0.25) is 0 Å². The van der Waals surface area contributed by atoms with Gasteiger partial charge in [-0.3, -0.25) is 9.78 Å². The van der Waals surface area contributed by atoms with Crippen molar-refractivity contribution in [1.29, 1.82) is 0 Å². The van der Waals surface area contributed by atoms with E-state index in [1.807, 2.05) is 19.9 Å². The molecule has 1 saturated carbocycles. The first kappa shape index (κ1) is 12.8. The van der Waals surface area contributed by atoms with Crippen LogP contribution in [0.4, 0.5) is 0 Å². The molecule has 0 atom stereocenters. The molecule has 1 aliphatic rings. The molecule has 0 saturated heterocycles. The molecule has 4 heteroatoms. The molecule has 1 aliphatic carbocycles. The number of aromatic amines is 1. The number of nitrogens with one attached hydrogen (secondary N) is 1. The van der Waals surface area contributed by atoms with E-state index in [-0.39, 0.29) is 12.2 Å². The Labute approximate surface area is 106 Å². The van der Waals surface area contributed by atoms with Crippen molar-refractivity contribution in [3.05, 3.63) is 39.8 Å². The summed E-state index contributed by atoms with van der Waals surface area (Å²) in [5, 5.41) is 8.99. The third-order valence-corrected chi connectivity index (χ3v) is 2.98. The Morgan fingerprint density at radius 3 is 2.72 bits per heavy atom. The molecule has 0 aromatic carbocycles. The zero-order valence-electron chi connectivity index (χ0n) is 10.7. The van der Waals surface area contributed by atoms with Crippen LogP contribution in [0, 0.1) is 0 Å². The monoisotopic (exact) mass is 246 g/mol. The molecule has 2 aromatic rings. The summed E-state index contributed by atoms with van der Waals surface area (Å²) in [7, 11) is 0. The van der Waals surface area contributed by atoms with Crippen molar-refractivity contribution in [2.24, 2.45) is 0 Å². The lowest BCUT2D eigenvalue weighted by Crippen LogP contribution is -2.11. The predicted molar refractivity (Wildman–Crippen MR) is 71.6 cm³/mol. The Balaban J connectivity index is 0.000000574. The van der Waals surface area contributed by atoms with Gasteiger partial charge in [-0.05, 0) is 36.5 Å². The van der Waals surface area contributed by atoms with E-state index in [4.69, 9.17) is 5.11 Å². The van der Waals surface area contributed by atoms with Crippen molar-refractivity contribution in [3.63, 3.8) is 0 Å². The second-order valence-electron chi connectivity index (χ2n) is 4.26. The Morgan fingerprint density at radius 2 is 2.11 bits per heavy atom. The topological polar surface area (TPSA) is 66.0 Å². The van der Waals surface area contributed by atoms with Gasteiger partial charge in [0.15, 0.2) is 0 Å². The van der Waals surface area contributed by atoms with E-state index in [1.54, 1.807) is 12.3 Å². The summed E-state index contributed by atoms with van der Waals surface area (Å²) >= 11 is 0. The first-order valence-corrected chi connectivity index (χ1v) is 6.40. The summed E-state index contributed by atoms with van der Waals surface area (Å²) < 4.78 is 0. The van der Waals surface area contributed by atoms with E-state index in [9.17, 15) is 4.79 Å². The maximum absolute atomic E-state index is 11.8. The summed E-state index contributed by atoms with van der Waals surface area (Å²) in [5.74, 6) is 0.424. The number of pyridine rings is 2. The molecule has 0 radical (unpaired) electrons. The number of nitrogens with zero attached hydrogens (tertiary/aromatic N) is 1. The van der Waals surface area contributed by atoms with Crippen LogP contribution in [0.25, 0.3) is 11.0 Å². The lowest BCUT2D eigenvalue weighted by Gasteiger charge is -2.02. The fourth-order valence-electron chi connectivity index (χ4n) is 1.93. The summed E-state index contributed by atoms with van der Waals surface area (Å²) in [6.45, 7) is 3.94. The number of rotatable bonds is 2. The molecule has 18 heavy (non-hydrogen) atoms. The van der Waals surface area contributed by atoms with Crippen LogP contribution in [-0.4, -0.2) is 15.1 Å². The van der Waals surface area contributed by atoms with Crippen LogP contribution in [0.15, 0.2) is 23.1 Å². The highest BCUT2D eigenvalue weighted by atomic mass is 16.3. The molecular weight excluding hydrogens is 228 g/mol. The maximum atomic E-state index is 11.8. The van der Waals surface area contributed by atoms with Gasteiger partial charge in [0, 0.05) is 11.8 Å². The molecule has 0 amide bonds. The van der Waals surface area contributed by atoms with Gasteiger partial charge in [-0.1, -0.05) is 13.8 Å². The minimum Gasteiger partial charge on any atom is -0.392 e. The van der Waals surface area contributed by atoms with Gasteiger partial charge in [-0.2, -0.15) is 0 Å². The summed E-state index contributed by atoms with van der Waals surface area (Å²) in [5.41, 5.74) is 3.02. The van der Waals surface area contributed by atoms with E-state index in [0.717, 1.165) is 23.9 Å². The van der Waals surface area contributed by atoms with Gasteiger partial charge in [0.1, 0.15) is 0 Å². The van der Waals surface area contributed by atoms with E-state index < -0.39 is 0 Å². The third kappa shape index (κ3) is 2.43. The molecule has 2 aromatic heterocycles. The number of fused-ring (bicyclic) bond motifs is 1. The lowest BCUT2D eigenvalue weighted by atomic mass is 10.1. The number of H-pyrrole nitrogens is 1. The van der Waals surface area contributed by atoms with Crippen LogP contribution >= 0.6 is 0 Å². The average molecular weight is 246 g/mol. The highest BCUT2D eigenvalue weighted by Crippen LogP contribution is 2.38. The first-order valence-electron chi connectivity index (χ1n) is 6.40. The van der Waals surface area contributed by atoms with Gasteiger partial charge in [-0.25, -0.2) is 0 Å². The van der Waals surface area contributed by atoms with Crippen molar-refractivity contribution < 1.29 is 5.11 Å². The van der Waals surface area contributed by atoms with Crippen molar-refractivity contribution in [1.82, 2.24) is 9.97 Å². The normalized spacial score (nSPS) is 14.2. The molecule has 1 fully saturated rings. The second kappa shape index (κ2) is 5.31. The van der Waals surface area contributed by atoms with Gasteiger partial charge in [-0.15, -0.1) is 0 Å². The van der Waals surface area contributed by atoms with Gasteiger partial charge < -0.3 is 10.1 Å². The predicted octanol–water partition coefficient (Wildman–Crippen LogP) is 2.32. The van der Waals surface area contributed by atoms with Gasteiger partial charge >= 0.3 is 0 Å². The van der Waals surface area contributed by atoms with E-state index in [0.29, 0.717) is 17.0 Å². The maximum Gasteiger partial charge on any atom is 0.252 e. The number of aromatic nitrogens is 2. The summed E-state index contributed by atoms with van der Waals surface area (Å²) in [6.07, 6.45) is 3.84. The van der Waals surface area contributed by atoms with E-state index >= 15 is 0 Å². The van der Waals surface area contributed by atoms with Crippen LogP contribution < -0.4 is 5.56 Å².